The average molecular weight is 615 g/mol. The van der Waals surface area contributed by atoms with Crippen LogP contribution in [0.4, 0.5) is 0 Å². The van der Waals surface area contributed by atoms with Gasteiger partial charge in [-0.1, -0.05) is 0 Å². The van der Waals surface area contributed by atoms with Gasteiger partial charge < -0.3 is 15.2 Å². The Bertz CT molecular complexity index is 522. The fourth-order valence-corrected chi connectivity index (χ4v) is 3.86. The van der Waals surface area contributed by atoms with Crippen LogP contribution in [-0.4, -0.2) is 36.7 Å². The molecule has 1 aromatic rings. The van der Waals surface area contributed by atoms with Crippen molar-refractivity contribution in [2.24, 2.45) is 0 Å². The molecular weight excluding hydrogens is 603 g/mol. The summed E-state index contributed by atoms with van der Waals surface area (Å²) in [7, 11) is 1.43. The molecule has 20 heavy (non-hydrogen) atoms. The van der Waals surface area contributed by atoms with Crippen molar-refractivity contribution in [1.29, 1.82) is 0 Å². The molecule has 0 spiro atoms. The number of halogens is 3. The molecule has 1 amide bonds. The lowest BCUT2D eigenvalue weighted by Crippen LogP contribution is -2.35. The minimum absolute atomic E-state index is 0.141. The zero-order valence-electron chi connectivity index (χ0n) is 10.5. The van der Waals surface area contributed by atoms with Crippen LogP contribution in [0.2, 0.25) is 0 Å². The minimum Gasteiger partial charge on any atom is -0.481 e. The number of carbonyl (C=O) groups is 2. The van der Waals surface area contributed by atoms with E-state index in [9.17, 15) is 9.59 Å². The first-order valence-corrected chi connectivity index (χ1v) is 8.76. The topological polar surface area (TPSA) is 75.6 Å². The third kappa shape index (κ3) is 5.60. The summed E-state index contributed by atoms with van der Waals surface area (Å²) < 4.78 is 7.89. The Kier molecular flexibility index (Phi) is 7.97. The molecule has 8 heteroatoms. The number of hydrogen-bond donors (Lipinski definition) is 2. The van der Waals surface area contributed by atoms with Crippen LogP contribution >= 0.6 is 67.8 Å². The van der Waals surface area contributed by atoms with E-state index in [0.29, 0.717) is 5.56 Å². The number of ether oxygens (including phenoxy) is 1. The quantitative estimate of drug-likeness (QED) is 0.382. The van der Waals surface area contributed by atoms with Gasteiger partial charge in [-0.2, -0.15) is 0 Å². The first-order chi connectivity index (χ1) is 9.35. The molecule has 0 heterocycles. The van der Waals surface area contributed by atoms with Crippen molar-refractivity contribution in [3.8, 4) is 0 Å². The van der Waals surface area contributed by atoms with Crippen LogP contribution in [0.1, 0.15) is 16.8 Å². The third-order valence-electron chi connectivity index (χ3n) is 2.46. The molecule has 1 rings (SSSR count). The van der Waals surface area contributed by atoms with E-state index in [0.717, 1.165) is 10.7 Å². The van der Waals surface area contributed by atoms with Gasteiger partial charge in [-0.3, -0.25) is 9.59 Å². The molecular formula is C12H12I3NO4. The second-order valence-electron chi connectivity index (χ2n) is 3.91. The summed E-state index contributed by atoms with van der Waals surface area (Å²) in [5.41, 5.74) is 0.590. The van der Waals surface area contributed by atoms with Crippen molar-refractivity contribution in [3.05, 3.63) is 28.4 Å². The summed E-state index contributed by atoms with van der Waals surface area (Å²) in [6.07, 6.45) is -0.673. The van der Waals surface area contributed by atoms with Gasteiger partial charge in [-0.25, -0.2) is 0 Å². The highest BCUT2D eigenvalue weighted by Gasteiger charge is 2.17. The van der Waals surface area contributed by atoms with Crippen molar-refractivity contribution in [3.63, 3.8) is 0 Å². The van der Waals surface area contributed by atoms with Crippen molar-refractivity contribution in [2.75, 3.05) is 13.7 Å². The van der Waals surface area contributed by atoms with Crippen LogP contribution in [0.15, 0.2) is 12.1 Å². The van der Waals surface area contributed by atoms with Gasteiger partial charge >= 0.3 is 5.97 Å². The maximum atomic E-state index is 12.2. The zero-order valence-corrected chi connectivity index (χ0v) is 16.9. The molecule has 0 aliphatic rings. The number of rotatable bonds is 6. The molecule has 2 N–H and O–H groups in total. The molecule has 0 aliphatic carbocycles. The van der Waals surface area contributed by atoms with E-state index < -0.39 is 12.1 Å². The van der Waals surface area contributed by atoms with E-state index >= 15 is 0 Å². The molecule has 1 atom stereocenters. The van der Waals surface area contributed by atoms with Crippen LogP contribution in [0.3, 0.4) is 0 Å². The van der Waals surface area contributed by atoms with Gasteiger partial charge in [0.1, 0.15) is 0 Å². The molecule has 0 aromatic heterocycles. The van der Waals surface area contributed by atoms with Crippen LogP contribution in [-0.2, 0) is 9.53 Å². The summed E-state index contributed by atoms with van der Waals surface area (Å²) in [4.78, 5) is 22.8. The Morgan fingerprint density at radius 2 is 2.00 bits per heavy atom. The van der Waals surface area contributed by atoms with Crippen molar-refractivity contribution in [2.45, 2.75) is 12.5 Å². The molecule has 0 fully saturated rings. The summed E-state index contributed by atoms with van der Waals surface area (Å²) in [6.45, 7) is 0.166. The Hall–Kier alpha value is 0.310. The van der Waals surface area contributed by atoms with E-state index in [1.807, 2.05) is 6.07 Å². The van der Waals surface area contributed by atoms with Gasteiger partial charge in [0.05, 0.1) is 18.1 Å². The standard InChI is InChI=1S/C12H12I3NO4/c1-20-7(4-10(17)18)5-16-12(19)8-2-6(13)3-9(14)11(8)15/h2-3,7H,4-5H2,1H3,(H,16,19)(H,17,18). The molecule has 1 unspecified atom stereocenters. The number of aliphatic carboxylic acids is 1. The second kappa shape index (κ2) is 8.68. The molecule has 0 bridgehead atoms. The van der Waals surface area contributed by atoms with Crippen molar-refractivity contribution >= 4 is 79.6 Å². The predicted molar refractivity (Wildman–Crippen MR) is 100.0 cm³/mol. The molecule has 0 radical (unpaired) electrons. The summed E-state index contributed by atoms with van der Waals surface area (Å²) in [6, 6.07) is 3.79. The van der Waals surface area contributed by atoms with Gasteiger partial charge in [-0.05, 0) is 79.9 Å². The lowest BCUT2D eigenvalue weighted by molar-refractivity contribution is -0.139. The predicted octanol–water partition coefficient (Wildman–Crippen LogP) is 2.72. The first-order valence-electron chi connectivity index (χ1n) is 5.52. The highest BCUT2D eigenvalue weighted by molar-refractivity contribution is 14.1. The van der Waals surface area contributed by atoms with Crippen molar-refractivity contribution < 1.29 is 19.4 Å². The van der Waals surface area contributed by atoms with E-state index in [2.05, 4.69) is 73.1 Å². The summed E-state index contributed by atoms with van der Waals surface area (Å²) >= 11 is 6.46. The largest absolute Gasteiger partial charge is 0.481 e. The maximum Gasteiger partial charge on any atom is 0.306 e. The highest BCUT2D eigenvalue weighted by Crippen LogP contribution is 2.22. The lowest BCUT2D eigenvalue weighted by Gasteiger charge is -2.15. The van der Waals surface area contributed by atoms with Crippen molar-refractivity contribution in [1.82, 2.24) is 5.32 Å². The smallest absolute Gasteiger partial charge is 0.306 e. The van der Waals surface area contributed by atoms with E-state index in [4.69, 9.17) is 9.84 Å². The monoisotopic (exact) mass is 615 g/mol. The van der Waals surface area contributed by atoms with Gasteiger partial charge in [0, 0.05) is 24.4 Å². The van der Waals surface area contributed by atoms with Crippen LogP contribution in [0.25, 0.3) is 0 Å². The number of methoxy groups -OCH3 is 1. The fourth-order valence-electron chi connectivity index (χ4n) is 1.46. The summed E-state index contributed by atoms with van der Waals surface area (Å²) in [5.74, 6) is -1.18. The Morgan fingerprint density at radius 3 is 2.55 bits per heavy atom. The Labute approximate surface area is 157 Å². The van der Waals surface area contributed by atoms with E-state index in [1.165, 1.54) is 7.11 Å². The fraction of sp³-hybridized carbons (Fsp3) is 0.333. The third-order valence-corrected chi connectivity index (χ3v) is 6.13. The summed E-state index contributed by atoms with van der Waals surface area (Å²) in [5, 5.41) is 11.4. The Balaban J connectivity index is 2.74. The van der Waals surface area contributed by atoms with Gasteiger partial charge in [0.25, 0.3) is 5.91 Å². The van der Waals surface area contributed by atoms with Gasteiger partial charge in [0.2, 0.25) is 0 Å². The molecule has 5 nitrogen and oxygen atoms in total. The zero-order chi connectivity index (χ0) is 15.3. The molecule has 0 saturated heterocycles. The molecule has 0 aliphatic heterocycles. The van der Waals surface area contributed by atoms with Crippen LogP contribution < -0.4 is 5.32 Å². The van der Waals surface area contributed by atoms with Crippen LogP contribution in [0, 0.1) is 10.7 Å². The van der Waals surface area contributed by atoms with E-state index in [1.54, 1.807) is 6.07 Å². The number of nitrogens with one attached hydrogen (secondary N) is 1. The van der Waals surface area contributed by atoms with E-state index in [-0.39, 0.29) is 18.9 Å². The number of amides is 1. The minimum atomic E-state index is -0.954. The normalized spacial score (nSPS) is 12.0. The number of benzene rings is 1. The van der Waals surface area contributed by atoms with Crippen LogP contribution in [0.5, 0.6) is 0 Å². The Morgan fingerprint density at radius 1 is 1.35 bits per heavy atom. The molecule has 0 saturated carbocycles. The highest BCUT2D eigenvalue weighted by atomic mass is 127. The number of carboxylic acids is 1. The van der Waals surface area contributed by atoms with Gasteiger partial charge in [0.15, 0.2) is 0 Å². The number of carboxylic acid groups (broad SMARTS) is 1. The lowest BCUT2D eigenvalue weighted by atomic mass is 10.2. The molecule has 110 valence electrons. The number of hydrogen-bond acceptors (Lipinski definition) is 3. The maximum absolute atomic E-state index is 12.2. The average Bonchev–Trinajstić information content (AvgIpc) is 2.37. The SMILES string of the molecule is COC(CNC(=O)c1cc(I)cc(I)c1I)CC(=O)O. The molecule has 1 aromatic carbocycles. The second-order valence-corrected chi connectivity index (χ2v) is 7.40. The van der Waals surface area contributed by atoms with Gasteiger partial charge in [-0.15, -0.1) is 0 Å². The first kappa shape index (κ1) is 18.4. The number of carbonyl (C=O) groups excluding carboxylic acids is 1.